The second-order valence-corrected chi connectivity index (χ2v) is 5.75. The average molecular weight is 298 g/mol. The number of anilines is 1. The Hall–Kier alpha value is -1.65. The van der Waals surface area contributed by atoms with E-state index in [4.69, 9.17) is 0 Å². The summed E-state index contributed by atoms with van der Waals surface area (Å²) < 4.78 is 27.7. The predicted molar refractivity (Wildman–Crippen MR) is 81.5 cm³/mol. The van der Waals surface area contributed by atoms with Crippen LogP contribution in [-0.2, 0) is 0 Å². The van der Waals surface area contributed by atoms with Gasteiger partial charge in [0.15, 0.2) is 0 Å². The van der Waals surface area contributed by atoms with Crippen molar-refractivity contribution >= 4 is 11.6 Å². The maximum absolute atomic E-state index is 13.9. The lowest BCUT2D eigenvalue weighted by molar-refractivity contribution is 0.0935. The monoisotopic (exact) mass is 298 g/mol. The summed E-state index contributed by atoms with van der Waals surface area (Å²) in [5, 5.41) is 5.43. The summed E-state index contributed by atoms with van der Waals surface area (Å²) in [6, 6.07) is 2.10. The molecule has 0 bridgehead atoms. The van der Waals surface area contributed by atoms with Gasteiger partial charge in [0.1, 0.15) is 17.3 Å². The van der Waals surface area contributed by atoms with Gasteiger partial charge in [-0.3, -0.25) is 4.79 Å². The van der Waals surface area contributed by atoms with E-state index in [1.54, 1.807) is 0 Å². The van der Waals surface area contributed by atoms with Crippen molar-refractivity contribution in [2.45, 2.75) is 46.6 Å². The van der Waals surface area contributed by atoms with Crippen LogP contribution in [0.5, 0.6) is 0 Å². The maximum Gasteiger partial charge on any atom is 0.251 e. The van der Waals surface area contributed by atoms with E-state index in [1.807, 2.05) is 13.8 Å². The Morgan fingerprint density at radius 3 is 2.24 bits per heavy atom. The highest BCUT2D eigenvalue weighted by Gasteiger charge is 2.16. The Morgan fingerprint density at radius 2 is 1.76 bits per heavy atom. The number of carbonyl (C=O) groups excluding carboxylic acids is 1. The lowest BCUT2D eigenvalue weighted by Gasteiger charge is -2.16. The lowest BCUT2D eigenvalue weighted by Crippen LogP contribution is -2.33. The van der Waals surface area contributed by atoms with Crippen LogP contribution in [0.15, 0.2) is 12.1 Å². The minimum Gasteiger partial charge on any atom is -0.380 e. The molecular formula is C16H24F2N2O. The summed E-state index contributed by atoms with van der Waals surface area (Å²) in [4.78, 5) is 12.0. The van der Waals surface area contributed by atoms with E-state index in [-0.39, 0.29) is 17.3 Å². The summed E-state index contributed by atoms with van der Waals surface area (Å²) in [5.41, 5.74) is -0.175. The van der Waals surface area contributed by atoms with Gasteiger partial charge in [-0.1, -0.05) is 20.8 Å². The summed E-state index contributed by atoms with van der Waals surface area (Å²) >= 11 is 0. The summed E-state index contributed by atoms with van der Waals surface area (Å²) in [7, 11) is 0. The molecule has 1 rings (SSSR count). The van der Waals surface area contributed by atoms with Crippen molar-refractivity contribution in [2.75, 3.05) is 11.9 Å². The first kappa shape index (κ1) is 17.4. The van der Waals surface area contributed by atoms with E-state index in [2.05, 4.69) is 24.5 Å². The van der Waals surface area contributed by atoms with Crippen molar-refractivity contribution in [1.29, 1.82) is 0 Å². The number of nitrogens with one attached hydrogen (secondary N) is 2. The van der Waals surface area contributed by atoms with Gasteiger partial charge in [-0.15, -0.1) is 0 Å². The number of amides is 1. The number of hydrogen-bond acceptors (Lipinski definition) is 2. The normalized spacial score (nSPS) is 12.3. The minimum atomic E-state index is -0.745. The topological polar surface area (TPSA) is 41.1 Å². The zero-order chi connectivity index (χ0) is 16.0. The third-order valence-corrected chi connectivity index (χ3v) is 3.06. The van der Waals surface area contributed by atoms with Gasteiger partial charge in [-0.05, 0) is 37.8 Å². The quantitative estimate of drug-likeness (QED) is 0.800. The largest absolute Gasteiger partial charge is 0.380 e. The fourth-order valence-electron chi connectivity index (χ4n) is 2.20. The third-order valence-electron chi connectivity index (χ3n) is 3.06. The molecule has 0 spiro atoms. The van der Waals surface area contributed by atoms with E-state index < -0.39 is 17.5 Å². The van der Waals surface area contributed by atoms with Crippen molar-refractivity contribution in [1.82, 2.24) is 5.32 Å². The highest BCUT2D eigenvalue weighted by Crippen LogP contribution is 2.21. The first-order chi connectivity index (χ1) is 9.85. The highest BCUT2D eigenvalue weighted by atomic mass is 19.1. The van der Waals surface area contributed by atoms with Crippen LogP contribution in [0.4, 0.5) is 14.5 Å². The van der Waals surface area contributed by atoms with Crippen LogP contribution in [0.25, 0.3) is 0 Å². The molecule has 0 radical (unpaired) electrons. The Bertz CT molecular complexity index is 466. The third kappa shape index (κ3) is 5.33. The summed E-state index contributed by atoms with van der Waals surface area (Å²) in [5.74, 6) is -1.51. The molecule has 21 heavy (non-hydrogen) atoms. The number of rotatable bonds is 7. The van der Waals surface area contributed by atoms with Gasteiger partial charge < -0.3 is 10.6 Å². The molecule has 1 aromatic carbocycles. The molecule has 0 saturated heterocycles. The van der Waals surface area contributed by atoms with Gasteiger partial charge in [-0.2, -0.15) is 0 Å². The zero-order valence-corrected chi connectivity index (χ0v) is 13.1. The Balaban J connectivity index is 2.82. The molecule has 0 fully saturated rings. The number of hydrogen-bond donors (Lipinski definition) is 2. The number of carbonyl (C=O) groups is 1. The highest BCUT2D eigenvalue weighted by molar-refractivity contribution is 5.94. The van der Waals surface area contributed by atoms with E-state index in [9.17, 15) is 13.6 Å². The van der Waals surface area contributed by atoms with Crippen molar-refractivity contribution in [3.05, 3.63) is 29.3 Å². The fourth-order valence-corrected chi connectivity index (χ4v) is 2.20. The van der Waals surface area contributed by atoms with Crippen LogP contribution in [-0.4, -0.2) is 18.5 Å². The van der Waals surface area contributed by atoms with Crippen molar-refractivity contribution in [2.24, 2.45) is 5.92 Å². The SMILES string of the molecule is CCCNc1c(F)cc(C(=O)NC(C)CC(C)C)cc1F. The first-order valence-electron chi connectivity index (χ1n) is 7.38. The minimum absolute atomic E-state index is 0.00246. The molecule has 1 amide bonds. The molecule has 3 nitrogen and oxygen atoms in total. The van der Waals surface area contributed by atoms with E-state index in [0.717, 1.165) is 25.0 Å². The smallest absolute Gasteiger partial charge is 0.251 e. The summed E-state index contributed by atoms with van der Waals surface area (Å²) in [6.45, 7) is 8.36. The Labute approximate surface area is 125 Å². The molecule has 0 heterocycles. The fraction of sp³-hybridized carbons (Fsp3) is 0.562. The van der Waals surface area contributed by atoms with Crippen LogP contribution in [0.2, 0.25) is 0 Å². The average Bonchev–Trinajstić information content (AvgIpc) is 2.36. The van der Waals surface area contributed by atoms with Gasteiger partial charge in [0.25, 0.3) is 5.91 Å². The molecule has 2 N–H and O–H groups in total. The zero-order valence-electron chi connectivity index (χ0n) is 13.1. The van der Waals surface area contributed by atoms with Crippen LogP contribution >= 0.6 is 0 Å². The van der Waals surface area contributed by atoms with Crippen LogP contribution in [0, 0.1) is 17.6 Å². The van der Waals surface area contributed by atoms with Crippen molar-refractivity contribution in [3.63, 3.8) is 0 Å². The van der Waals surface area contributed by atoms with Crippen LogP contribution in [0.1, 0.15) is 50.9 Å². The van der Waals surface area contributed by atoms with Crippen molar-refractivity contribution < 1.29 is 13.6 Å². The van der Waals surface area contributed by atoms with Crippen molar-refractivity contribution in [3.8, 4) is 0 Å². The van der Waals surface area contributed by atoms with Gasteiger partial charge in [0.05, 0.1) is 0 Å². The molecule has 1 unspecified atom stereocenters. The molecule has 1 atom stereocenters. The second-order valence-electron chi connectivity index (χ2n) is 5.75. The molecule has 0 aliphatic rings. The Kier molecular flexibility index (Phi) is 6.59. The van der Waals surface area contributed by atoms with Crippen LogP contribution in [0.3, 0.4) is 0 Å². The van der Waals surface area contributed by atoms with E-state index in [1.165, 1.54) is 0 Å². The molecule has 118 valence electrons. The molecule has 0 saturated carbocycles. The number of halogens is 2. The molecular weight excluding hydrogens is 274 g/mol. The number of benzene rings is 1. The van der Waals surface area contributed by atoms with Gasteiger partial charge in [-0.25, -0.2) is 8.78 Å². The van der Waals surface area contributed by atoms with Gasteiger partial charge >= 0.3 is 0 Å². The first-order valence-corrected chi connectivity index (χ1v) is 7.38. The molecule has 1 aromatic rings. The van der Waals surface area contributed by atoms with Gasteiger partial charge in [0.2, 0.25) is 0 Å². The molecule has 0 aromatic heterocycles. The molecule has 0 aliphatic heterocycles. The maximum atomic E-state index is 13.9. The van der Waals surface area contributed by atoms with Gasteiger partial charge in [0, 0.05) is 18.2 Å². The predicted octanol–water partition coefficient (Wildman–Crippen LogP) is 3.95. The molecule has 5 heteroatoms. The lowest BCUT2D eigenvalue weighted by atomic mass is 10.0. The second kappa shape index (κ2) is 7.96. The van der Waals surface area contributed by atoms with E-state index in [0.29, 0.717) is 12.5 Å². The van der Waals surface area contributed by atoms with Crippen LogP contribution < -0.4 is 10.6 Å². The molecule has 0 aliphatic carbocycles. The standard InChI is InChI=1S/C16H24F2N2O/c1-5-6-19-15-13(17)8-12(9-14(15)18)16(21)20-11(4)7-10(2)3/h8-11,19H,5-7H2,1-4H3,(H,20,21). The summed E-state index contributed by atoms with van der Waals surface area (Å²) in [6.07, 6.45) is 1.57. The van der Waals surface area contributed by atoms with E-state index >= 15 is 0 Å². The Morgan fingerprint density at radius 1 is 1.19 bits per heavy atom.